The molecule has 1 aromatic carbocycles. The minimum Gasteiger partial charge on any atom is -0.483 e. The highest BCUT2D eigenvalue weighted by atomic mass is 16.8. The van der Waals surface area contributed by atoms with Gasteiger partial charge in [-0.1, -0.05) is 12.1 Å². The van der Waals surface area contributed by atoms with Gasteiger partial charge in [0.1, 0.15) is 11.9 Å². The van der Waals surface area contributed by atoms with Gasteiger partial charge in [-0.05, 0) is 39.8 Å². The molecule has 3 aliphatic rings. The fourth-order valence-electron chi connectivity index (χ4n) is 3.56. The molecule has 4 rings (SSSR count). The SMILES string of the molecule is CC(C)N1C[C@H]2O[C@@H]3OC(C)(C)O[C@@H]3[C@H]2Oc2ccccc21. The maximum atomic E-state index is 6.30. The van der Waals surface area contributed by atoms with Crippen molar-refractivity contribution in [1.82, 2.24) is 0 Å². The molecule has 5 heteroatoms. The Bertz CT molecular complexity index is 574. The molecule has 0 N–H and O–H groups in total. The summed E-state index contributed by atoms with van der Waals surface area (Å²) in [7, 11) is 0. The standard InChI is InChI=1S/C17H23NO4/c1-10(2)18-9-13-14(19-12-8-6-5-7-11(12)18)15-16(20-13)22-17(3,4)21-15/h5-8,10,13-16H,9H2,1-4H3/t13-,14+,15-,16-/m1/s1. The number of fused-ring (bicyclic) bond motifs is 4. The van der Waals surface area contributed by atoms with Gasteiger partial charge in [0.2, 0.25) is 0 Å². The molecule has 0 unspecified atom stereocenters. The molecule has 120 valence electrons. The van der Waals surface area contributed by atoms with Gasteiger partial charge >= 0.3 is 0 Å². The summed E-state index contributed by atoms with van der Waals surface area (Å²) in [6.07, 6.45) is -0.720. The zero-order valence-electron chi connectivity index (χ0n) is 13.5. The van der Waals surface area contributed by atoms with E-state index in [-0.39, 0.29) is 24.6 Å². The number of ether oxygens (including phenoxy) is 4. The number of para-hydroxylation sites is 2. The van der Waals surface area contributed by atoms with Gasteiger partial charge in [-0.15, -0.1) is 0 Å². The lowest BCUT2D eigenvalue weighted by molar-refractivity contribution is -0.211. The molecular weight excluding hydrogens is 282 g/mol. The predicted octanol–water partition coefficient (Wildman–Crippen LogP) is 2.54. The van der Waals surface area contributed by atoms with E-state index in [9.17, 15) is 0 Å². The lowest BCUT2D eigenvalue weighted by Crippen LogP contribution is -2.44. The number of rotatable bonds is 1. The molecular formula is C17H23NO4. The third-order valence-electron chi connectivity index (χ3n) is 4.52. The van der Waals surface area contributed by atoms with Crippen LogP contribution in [0.4, 0.5) is 5.69 Å². The molecule has 3 heterocycles. The van der Waals surface area contributed by atoms with Crippen molar-refractivity contribution in [3.63, 3.8) is 0 Å². The molecule has 0 bridgehead atoms. The summed E-state index contributed by atoms with van der Waals surface area (Å²) in [5, 5.41) is 0. The second kappa shape index (κ2) is 4.85. The first-order valence-electron chi connectivity index (χ1n) is 7.98. The van der Waals surface area contributed by atoms with E-state index in [1.54, 1.807) is 0 Å². The second-order valence-electron chi connectivity index (χ2n) is 6.94. The number of anilines is 1. The summed E-state index contributed by atoms with van der Waals surface area (Å²) < 4.78 is 24.3. The van der Waals surface area contributed by atoms with Gasteiger partial charge in [0.05, 0.1) is 5.69 Å². The maximum Gasteiger partial charge on any atom is 0.191 e. The zero-order chi connectivity index (χ0) is 15.5. The van der Waals surface area contributed by atoms with Crippen LogP contribution in [0.2, 0.25) is 0 Å². The van der Waals surface area contributed by atoms with Crippen LogP contribution in [0.1, 0.15) is 27.7 Å². The zero-order valence-corrected chi connectivity index (χ0v) is 13.5. The van der Waals surface area contributed by atoms with Gasteiger partial charge in [0, 0.05) is 12.6 Å². The minimum atomic E-state index is -0.618. The molecule has 2 saturated heterocycles. The fourth-order valence-corrected chi connectivity index (χ4v) is 3.56. The Hall–Kier alpha value is -1.30. The van der Waals surface area contributed by atoms with Crippen molar-refractivity contribution < 1.29 is 18.9 Å². The Morgan fingerprint density at radius 3 is 2.68 bits per heavy atom. The maximum absolute atomic E-state index is 6.30. The number of benzene rings is 1. The highest BCUT2D eigenvalue weighted by molar-refractivity contribution is 5.60. The quantitative estimate of drug-likeness (QED) is 0.797. The summed E-state index contributed by atoms with van der Waals surface area (Å²) >= 11 is 0. The van der Waals surface area contributed by atoms with Crippen LogP contribution in [0.15, 0.2) is 24.3 Å². The topological polar surface area (TPSA) is 40.2 Å². The van der Waals surface area contributed by atoms with Gasteiger partial charge in [0.15, 0.2) is 24.3 Å². The normalized spacial score (nSPS) is 35.6. The summed E-state index contributed by atoms with van der Waals surface area (Å²) in [4.78, 5) is 2.33. The summed E-state index contributed by atoms with van der Waals surface area (Å²) in [6.45, 7) is 8.97. The van der Waals surface area contributed by atoms with Crippen molar-refractivity contribution in [3.8, 4) is 5.75 Å². The summed E-state index contributed by atoms with van der Waals surface area (Å²) in [5.74, 6) is 0.272. The van der Waals surface area contributed by atoms with Crippen LogP contribution in [0.5, 0.6) is 5.75 Å². The van der Waals surface area contributed by atoms with E-state index in [0.29, 0.717) is 6.04 Å². The third-order valence-corrected chi connectivity index (χ3v) is 4.52. The second-order valence-corrected chi connectivity index (χ2v) is 6.94. The van der Waals surface area contributed by atoms with Crippen molar-refractivity contribution in [2.75, 3.05) is 11.4 Å². The Morgan fingerprint density at radius 2 is 1.91 bits per heavy atom. The Morgan fingerprint density at radius 1 is 1.14 bits per heavy atom. The van der Waals surface area contributed by atoms with Crippen molar-refractivity contribution in [2.45, 2.75) is 64.1 Å². The van der Waals surface area contributed by atoms with E-state index in [2.05, 4.69) is 24.8 Å². The van der Waals surface area contributed by atoms with Crippen LogP contribution < -0.4 is 9.64 Å². The number of hydrogen-bond donors (Lipinski definition) is 0. The molecule has 0 radical (unpaired) electrons. The molecule has 22 heavy (non-hydrogen) atoms. The van der Waals surface area contributed by atoms with Crippen LogP contribution in [0.25, 0.3) is 0 Å². The molecule has 0 amide bonds. The van der Waals surface area contributed by atoms with E-state index in [1.807, 2.05) is 32.0 Å². The van der Waals surface area contributed by atoms with Gasteiger partial charge in [-0.2, -0.15) is 0 Å². The molecule has 0 saturated carbocycles. The van der Waals surface area contributed by atoms with Crippen LogP contribution >= 0.6 is 0 Å². The van der Waals surface area contributed by atoms with Crippen molar-refractivity contribution in [3.05, 3.63) is 24.3 Å². The molecule has 0 spiro atoms. The van der Waals surface area contributed by atoms with Gasteiger partial charge in [-0.3, -0.25) is 0 Å². The lowest BCUT2D eigenvalue weighted by atomic mass is 10.1. The average Bonchev–Trinajstić information content (AvgIpc) is 2.83. The predicted molar refractivity (Wildman–Crippen MR) is 82.0 cm³/mol. The first-order chi connectivity index (χ1) is 10.4. The first-order valence-corrected chi connectivity index (χ1v) is 7.98. The molecule has 3 aliphatic heterocycles. The van der Waals surface area contributed by atoms with E-state index in [4.69, 9.17) is 18.9 Å². The highest BCUT2D eigenvalue weighted by Gasteiger charge is 2.57. The molecule has 4 atom stereocenters. The Kier molecular flexibility index (Phi) is 3.15. The molecule has 1 aromatic rings. The van der Waals surface area contributed by atoms with Crippen LogP contribution in [-0.4, -0.2) is 43.0 Å². The van der Waals surface area contributed by atoms with Crippen molar-refractivity contribution >= 4 is 5.69 Å². The molecule has 0 aliphatic carbocycles. The first kappa shape index (κ1) is 14.3. The van der Waals surface area contributed by atoms with Gasteiger partial charge in [0.25, 0.3) is 0 Å². The van der Waals surface area contributed by atoms with Crippen LogP contribution in [0.3, 0.4) is 0 Å². The smallest absolute Gasteiger partial charge is 0.191 e. The van der Waals surface area contributed by atoms with Crippen molar-refractivity contribution in [2.24, 2.45) is 0 Å². The van der Waals surface area contributed by atoms with Gasteiger partial charge < -0.3 is 23.8 Å². The van der Waals surface area contributed by atoms with E-state index in [0.717, 1.165) is 18.0 Å². The molecule has 0 aromatic heterocycles. The van der Waals surface area contributed by atoms with Crippen molar-refractivity contribution in [1.29, 1.82) is 0 Å². The Balaban J connectivity index is 1.68. The van der Waals surface area contributed by atoms with Gasteiger partial charge in [-0.25, -0.2) is 0 Å². The molecule has 5 nitrogen and oxygen atoms in total. The average molecular weight is 305 g/mol. The van der Waals surface area contributed by atoms with E-state index < -0.39 is 5.79 Å². The van der Waals surface area contributed by atoms with E-state index >= 15 is 0 Å². The number of hydrogen-bond acceptors (Lipinski definition) is 5. The highest BCUT2D eigenvalue weighted by Crippen LogP contribution is 2.43. The minimum absolute atomic E-state index is 0.0547. The lowest BCUT2D eigenvalue weighted by Gasteiger charge is -2.30. The molecule has 2 fully saturated rings. The monoisotopic (exact) mass is 305 g/mol. The van der Waals surface area contributed by atoms with Crippen LogP contribution in [-0.2, 0) is 14.2 Å². The largest absolute Gasteiger partial charge is 0.483 e. The third kappa shape index (κ3) is 2.19. The number of nitrogens with zero attached hydrogens (tertiary/aromatic N) is 1. The summed E-state index contributed by atoms with van der Waals surface area (Å²) in [6, 6.07) is 8.53. The van der Waals surface area contributed by atoms with Crippen LogP contribution in [0, 0.1) is 0 Å². The Labute approximate surface area is 131 Å². The fraction of sp³-hybridized carbons (Fsp3) is 0.647. The van der Waals surface area contributed by atoms with E-state index in [1.165, 1.54) is 0 Å². The summed E-state index contributed by atoms with van der Waals surface area (Å²) in [5.41, 5.74) is 1.12.